The summed E-state index contributed by atoms with van der Waals surface area (Å²) in [4.78, 5) is 6.86. The molecule has 3 rings (SSSR count). The lowest BCUT2D eigenvalue weighted by Crippen LogP contribution is -2.43. The Morgan fingerprint density at radius 3 is 2.80 bits per heavy atom. The van der Waals surface area contributed by atoms with Gasteiger partial charge in [-0.15, -0.1) is 24.0 Å². The normalized spacial score (nSPS) is 28.5. The molecule has 1 saturated carbocycles. The zero-order valence-corrected chi connectivity index (χ0v) is 17.9. The number of nitrogens with zero attached hydrogens (tertiary/aromatic N) is 2. The first kappa shape index (κ1) is 20.3. The fraction of sp³-hybridized carbons (Fsp3) is 0.632. The van der Waals surface area contributed by atoms with Crippen molar-refractivity contribution in [2.24, 2.45) is 10.9 Å². The zero-order chi connectivity index (χ0) is 17.2. The van der Waals surface area contributed by atoms with Gasteiger partial charge in [0.2, 0.25) is 0 Å². The highest BCUT2D eigenvalue weighted by molar-refractivity contribution is 14.0. The van der Waals surface area contributed by atoms with E-state index in [0.29, 0.717) is 12.0 Å². The maximum atomic E-state index is 5.55. The fourth-order valence-corrected chi connectivity index (χ4v) is 3.84. The van der Waals surface area contributed by atoms with Gasteiger partial charge in [0.1, 0.15) is 5.75 Å². The summed E-state index contributed by atoms with van der Waals surface area (Å²) in [7, 11) is 5.39. The number of hydrogen-bond acceptors (Lipinski definition) is 3. The molecule has 2 fully saturated rings. The third-order valence-corrected chi connectivity index (χ3v) is 5.46. The quantitative estimate of drug-likeness (QED) is 0.418. The largest absolute Gasteiger partial charge is 0.496 e. The number of aliphatic imine (C=N–C) groups is 1. The van der Waals surface area contributed by atoms with Gasteiger partial charge in [-0.2, -0.15) is 0 Å². The molecule has 1 heterocycles. The topological polar surface area (TPSA) is 46.1 Å². The van der Waals surface area contributed by atoms with Crippen LogP contribution in [-0.4, -0.2) is 57.9 Å². The van der Waals surface area contributed by atoms with Crippen LogP contribution in [-0.2, 0) is 10.2 Å². The van der Waals surface area contributed by atoms with Crippen molar-refractivity contribution in [3.63, 3.8) is 0 Å². The lowest BCUT2D eigenvalue weighted by atomic mass is 9.96. The molecule has 2 aliphatic rings. The van der Waals surface area contributed by atoms with Gasteiger partial charge in [0, 0.05) is 50.2 Å². The van der Waals surface area contributed by atoms with E-state index in [1.165, 1.54) is 12.0 Å². The standard InChI is InChI=1S/C19H29N3O2.HI/c1-19(15-7-5-6-8-16(15)24-4)11-17(19)21-18(20-2)22-10-9-14(12-22)13-23-3;/h5-8,14,17H,9-13H2,1-4H3,(H,20,21);1H. The van der Waals surface area contributed by atoms with Crippen LogP contribution in [0.4, 0.5) is 0 Å². The Kier molecular flexibility index (Phi) is 6.96. The van der Waals surface area contributed by atoms with Crippen LogP contribution in [0.1, 0.15) is 25.3 Å². The van der Waals surface area contributed by atoms with Crippen molar-refractivity contribution in [3.8, 4) is 5.75 Å². The molecule has 6 heteroatoms. The van der Waals surface area contributed by atoms with Gasteiger partial charge in [-0.05, 0) is 18.9 Å². The van der Waals surface area contributed by atoms with Crippen molar-refractivity contribution in [3.05, 3.63) is 29.8 Å². The van der Waals surface area contributed by atoms with Crippen LogP contribution in [0.2, 0.25) is 0 Å². The summed E-state index contributed by atoms with van der Waals surface area (Å²) >= 11 is 0. The van der Waals surface area contributed by atoms with Crippen LogP contribution in [0.5, 0.6) is 5.75 Å². The molecule has 1 aliphatic heterocycles. The van der Waals surface area contributed by atoms with Crippen LogP contribution < -0.4 is 10.1 Å². The molecule has 0 aromatic heterocycles. The van der Waals surface area contributed by atoms with E-state index in [0.717, 1.165) is 37.8 Å². The Morgan fingerprint density at radius 2 is 2.12 bits per heavy atom. The molecule has 3 unspecified atom stereocenters. The number of nitrogens with one attached hydrogen (secondary N) is 1. The van der Waals surface area contributed by atoms with E-state index >= 15 is 0 Å². The van der Waals surface area contributed by atoms with E-state index in [-0.39, 0.29) is 29.4 Å². The molecule has 140 valence electrons. The van der Waals surface area contributed by atoms with E-state index < -0.39 is 0 Å². The molecule has 3 atom stereocenters. The van der Waals surface area contributed by atoms with Gasteiger partial charge in [-0.3, -0.25) is 4.99 Å². The minimum atomic E-state index is 0. The molecular formula is C19H30IN3O2. The van der Waals surface area contributed by atoms with Crippen LogP contribution in [0.3, 0.4) is 0 Å². The molecule has 1 N–H and O–H groups in total. The molecule has 1 saturated heterocycles. The van der Waals surface area contributed by atoms with Gasteiger partial charge < -0.3 is 19.7 Å². The van der Waals surface area contributed by atoms with Gasteiger partial charge in [0.25, 0.3) is 0 Å². The molecule has 1 aromatic rings. The number of likely N-dealkylation sites (tertiary alicyclic amines) is 1. The average molecular weight is 459 g/mol. The summed E-state index contributed by atoms with van der Waals surface area (Å²) in [5, 5.41) is 3.67. The van der Waals surface area contributed by atoms with E-state index in [4.69, 9.17) is 9.47 Å². The zero-order valence-electron chi connectivity index (χ0n) is 15.6. The van der Waals surface area contributed by atoms with Gasteiger partial charge >= 0.3 is 0 Å². The Balaban J connectivity index is 0.00000225. The number of guanidine groups is 1. The van der Waals surface area contributed by atoms with Gasteiger partial charge in [0.15, 0.2) is 5.96 Å². The summed E-state index contributed by atoms with van der Waals surface area (Å²) < 4.78 is 10.8. The van der Waals surface area contributed by atoms with Crippen molar-refractivity contribution in [2.45, 2.75) is 31.2 Å². The minimum absolute atomic E-state index is 0. The average Bonchev–Trinajstić information content (AvgIpc) is 3.03. The molecule has 1 aromatic carbocycles. The van der Waals surface area contributed by atoms with E-state index in [1.807, 2.05) is 19.2 Å². The lowest BCUT2D eigenvalue weighted by molar-refractivity contribution is 0.157. The molecule has 5 nitrogen and oxygen atoms in total. The number of methoxy groups -OCH3 is 2. The monoisotopic (exact) mass is 459 g/mol. The number of rotatable bonds is 5. The molecule has 0 amide bonds. The SMILES string of the molecule is CN=C(NC1CC1(C)c1ccccc1OC)N1CCC(COC)C1.I. The number of para-hydroxylation sites is 1. The third kappa shape index (κ3) is 4.22. The van der Waals surface area contributed by atoms with E-state index in [9.17, 15) is 0 Å². The number of halogens is 1. The Morgan fingerprint density at radius 1 is 1.36 bits per heavy atom. The van der Waals surface area contributed by atoms with Crippen molar-refractivity contribution in [1.29, 1.82) is 0 Å². The second-order valence-electron chi connectivity index (χ2n) is 7.12. The highest BCUT2D eigenvalue weighted by Gasteiger charge is 2.53. The van der Waals surface area contributed by atoms with Crippen molar-refractivity contribution in [2.75, 3.05) is 41.0 Å². The first-order valence-electron chi connectivity index (χ1n) is 8.73. The molecule has 0 bridgehead atoms. The predicted octanol–water partition coefficient (Wildman–Crippen LogP) is 2.89. The fourth-order valence-electron chi connectivity index (χ4n) is 3.84. The molecular weight excluding hydrogens is 429 g/mol. The smallest absolute Gasteiger partial charge is 0.193 e. The van der Waals surface area contributed by atoms with E-state index in [2.05, 4.69) is 34.3 Å². The minimum Gasteiger partial charge on any atom is -0.496 e. The molecule has 1 aliphatic carbocycles. The van der Waals surface area contributed by atoms with Gasteiger partial charge in [-0.1, -0.05) is 25.1 Å². The third-order valence-electron chi connectivity index (χ3n) is 5.46. The first-order valence-corrected chi connectivity index (χ1v) is 8.73. The highest BCUT2D eigenvalue weighted by atomic mass is 127. The van der Waals surface area contributed by atoms with Gasteiger partial charge in [0.05, 0.1) is 13.7 Å². The summed E-state index contributed by atoms with van der Waals surface area (Å²) in [6.45, 7) is 5.20. The van der Waals surface area contributed by atoms with Crippen molar-refractivity contribution in [1.82, 2.24) is 10.2 Å². The maximum absolute atomic E-state index is 5.55. The number of hydrogen-bond donors (Lipinski definition) is 1. The second kappa shape index (κ2) is 8.58. The predicted molar refractivity (Wildman–Crippen MR) is 112 cm³/mol. The number of ether oxygens (including phenoxy) is 2. The van der Waals surface area contributed by atoms with Crippen LogP contribution in [0.25, 0.3) is 0 Å². The van der Waals surface area contributed by atoms with Crippen LogP contribution in [0.15, 0.2) is 29.3 Å². The van der Waals surface area contributed by atoms with Crippen molar-refractivity contribution >= 4 is 29.9 Å². The molecule has 0 radical (unpaired) electrons. The molecule has 0 spiro atoms. The summed E-state index contributed by atoms with van der Waals surface area (Å²) in [6.07, 6.45) is 2.27. The Labute approximate surface area is 168 Å². The Hall–Kier alpha value is -1.02. The lowest BCUT2D eigenvalue weighted by Gasteiger charge is -2.23. The second-order valence-corrected chi connectivity index (χ2v) is 7.12. The maximum Gasteiger partial charge on any atom is 0.193 e. The van der Waals surface area contributed by atoms with Crippen LogP contribution >= 0.6 is 24.0 Å². The van der Waals surface area contributed by atoms with Gasteiger partial charge in [-0.25, -0.2) is 0 Å². The van der Waals surface area contributed by atoms with Crippen LogP contribution in [0, 0.1) is 5.92 Å². The summed E-state index contributed by atoms with van der Waals surface area (Å²) in [5.74, 6) is 2.59. The van der Waals surface area contributed by atoms with E-state index in [1.54, 1.807) is 14.2 Å². The Bertz CT molecular complexity index is 610. The number of benzene rings is 1. The van der Waals surface area contributed by atoms with Crippen molar-refractivity contribution < 1.29 is 9.47 Å². The summed E-state index contributed by atoms with van der Waals surface area (Å²) in [6, 6.07) is 8.72. The highest BCUT2D eigenvalue weighted by Crippen LogP contribution is 2.51. The first-order chi connectivity index (χ1) is 11.6. The summed E-state index contributed by atoms with van der Waals surface area (Å²) in [5.41, 5.74) is 1.38. The molecule has 25 heavy (non-hydrogen) atoms.